The van der Waals surface area contributed by atoms with Crippen LogP contribution in [0.2, 0.25) is 6.32 Å². The molecule has 420 valence electrons. The Morgan fingerprint density at radius 3 is 1.38 bits per heavy atom. The Kier molecular flexibility index (Phi) is 34.0. The van der Waals surface area contributed by atoms with Crippen LogP contribution < -0.4 is 16.4 Å². The maximum atomic E-state index is 13.0. The van der Waals surface area contributed by atoms with Crippen LogP contribution in [0, 0.1) is 13.8 Å². The summed E-state index contributed by atoms with van der Waals surface area (Å²) >= 11 is 0. The summed E-state index contributed by atoms with van der Waals surface area (Å²) in [6.07, 6.45) is 0.0548. The second kappa shape index (κ2) is 37.8. The first-order valence-corrected chi connectivity index (χ1v) is 28.1. The normalized spacial score (nSPS) is 12.4. The first-order valence-electron chi connectivity index (χ1n) is 28.1. The van der Waals surface area contributed by atoms with E-state index in [9.17, 15) is 42.6 Å². The molecule has 0 spiro atoms. The predicted octanol–water partition coefficient (Wildman–Crippen LogP) is 12.8. The Hall–Kier alpha value is -5.89. The highest BCUT2D eigenvalue weighted by Gasteiger charge is 2.35. The summed E-state index contributed by atoms with van der Waals surface area (Å²) in [7, 11) is -1.74. The van der Waals surface area contributed by atoms with Crippen molar-refractivity contribution in [1.82, 2.24) is 0 Å². The van der Waals surface area contributed by atoms with Crippen molar-refractivity contribution in [3.63, 3.8) is 0 Å². The van der Waals surface area contributed by atoms with Crippen molar-refractivity contribution in [1.29, 1.82) is 0 Å². The molecule has 8 nitrogen and oxygen atoms in total. The van der Waals surface area contributed by atoms with E-state index in [4.69, 9.17) is 9.31 Å². The van der Waals surface area contributed by atoms with Gasteiger partial charge < -0.3 is 24.4 Å². The Bertz CT molecular complexity index is 2710. The van der Waals surface area contributed by atoms with Gasteiger partial charge in [0.25, 0.3) is 0 Å². The van der Waals surface area contributed by atoms with E-state index < -0.39 is 38.7 Å². The third-order valence-electron chi connectivity index (χ3n) is 12.1. The van der Waals surface area contributed by atoms with E-state index >= 15 is 0 Å². The third-order valence-corrected chi connectivity index (χ3v) is 12.1. The molecule has 0 amide bonds. The van der Waals surface area contributed by atoms with E-state index in [1.807, 2.05) is 188 Å². The fraction of sp³-hybridized carbons (Fsp3) is 0.391. The summed E-state index contributed by atoms with van der Waals surface area (Å²) in [6, 6.07) is 37.0. The zero-order valence-corrected chi connectivity index (χ0v) is 48.9. The van der Waals surface area contributed by atoms with Crippen molar-refractivity contribution >= 4 is 54.9 Å². The highest BCUT2D eigenvalue weighted by atomic mass is 19.4. The fourth-order valence-electron chi connectivity index (χ4n) is 8.48. The molecular formula is C64H86B3F3O8. The van der Waals surface area contributed by atoms with Gasteiger partial charge in [0.1, 0.15) is 0 Å². The maximum Gasteiger partial charge on any atom is 0.491 e. The van der Waals surface area contributed by atoms with Crippen LogP contribution in [0.25, 0.3) is 0 Å². The van der Waals surface area contributed by atoms with Gasteiger partial charge in [-0.3, -0.25) is 14.4 Å². The number of ketones is 3. The molecule has 3 N–H and O–H groups in total. The number of rotatable bonds is 9. The number of halogens is 3. The van der Waals surface area contributed by atoms with Crippen LogP contribution in [0.15, 0.2) is 127 Å². The first-order chi connectivity index (χ1) is 37.6. The number of alkyl halides is 3. The van der Waals surface area contributed by atoms with Crippen molar-refractivity contribution in [2.24, 2.45) is 0 Å². The molecule has 0 bridgehead atoms. The molecule has 0 atom stereocenters. The van der Waals surface area contributed by atoms with Crippen LogP contribution in [0.1, 0.15) is 171 Å². The standard InChI is InChI=1S/C18H16BF3O2.2C17H17BO3.6C2H6/c20-18(21,22)15-6-2-1-5-14(15)17(23)11-12-7-8-13-4-3-9-19(24)16(13)10-12;1-12-2-5-15(6-3-12)17(19)11-13-4-7-14-8-9-21-18(20)16(14)10-13;1-12-3-2-4-15(9-12)17(19)11-13-5-6-14-7-8-21-18(20)16(14)10-13;6*1-2/h1-2,5-8,10,24H,3-4,9,11H2;2-7,10,20H,8-9,11H2,1H3;2-6,9-10,20H,7-8,11H2,1H3;6*1-2H3. The quantitative estimate of drug-likeness (QED) is 0.0964. The van der Waals surface area contributed by atoms with Crippen LogP contribution >= 0.6 is 0 Å². The van der Waals surface area contributed by atoms with Gasteiger partial charge in [-0.25, -0.2) is 0 Å². The van der Waals surface area contributed by atoms with E-state index in [-0.39, 0.29) is 23.6 Å². The van der Waals surface area contributed by atoms with E-state index in [1.54, 1.807) is 12.1 Å². The van der Waals surface area contributed by atoms with Gasteiger partial charge in [0.15, 0.2) is 17.3 Å². The van der Waals surface area contributed by atoms with Crippen LogP contribution in [0.5, 0.6) is 0 Å². The highest BCUT2D eigenvalue weighted by molar-refractivity contribution is 6.67. The first kappa shape index (κ1) is 70.1. The number of fused-ring (bicyclic) bond motifs is 3. The van der Waals surface area contributed by atoms with Crippen LogP contribution in [-0.2, 0) is 54.0 Å². The monoisotopic (exact) mass is 1070 g/mol. The molecule has 9 rings (SSSR count). The largest absolute Gasteiger partial charge is 0.491 e. The molecular weight excluding hydrogens is 986 g/mol. The van der Waals surface area contributed by atoms with Gasteiger partial charge >= 0.3 is 27.3 Å². The van der Waals surface area contributed by atoms with Crippen molar-refractivity contribution < 1.29 is 51.9 Å². The zero-order chi connectivity index (χ0) is 59.0. The highest BCUT2D eigenvalue weighted by Crippen LogP contribution is 2.32. The molecule has 14 heteroatoms. The van der Waals surface area contributed by atoms with E-state index in [2.05, 4.69) is 0 Å². The van der Waals surface area contributed by atoms with Crippen LogP contribution in [-0.4, -0.2) is 66.8 Å². The van der Waals surface area contributed by atoms with Crippen molar-refractivity contribution in [2.75, 3.05) is 13.2 Å². The number of hydrogen-bond donors (Lipinski definition) is 3. The summed E-state index contributed by atoms with van der Waals surface area (Å²) in [5.74, 6) is -0.404. The van der Waals surface area contributed by atoms with E-state index in [1.165, 1.54) is 18.2 Å². The number of Topliss-reactive ketones (excluding diaryl/α,β-unsaturated/α-hetero) is 3. The smallest absolute Gasteiger partial charge is 0.446 e. The molecule has 0 unspecified atom stereocenters. The number of hydrogen-bond acceptors (Lipinski definition) is 8. The number of carbonyl (C=O) groups is 3. The lowest BCUT2D eigenvalue weighted by Gasteiger charge is -2.19. The number of aryl methyl sites for hydroxylation is 3. The summed E-state index contributed by atoms with van der Waals surface area (Å²) < 4.78 is 49.6. The van der Waals surface area contributed by atoms with Crippen molar-refractivity contribution in [3.05, 3.63) is 194 Å². The molecule has 78 heavy (non-hydrogen) atoms. The predicted molar refractivity (Wildman–Crippen MR) is 321 cm³/mol. The van der Waals surface area contributed by atoms with Gasteiger partial charge in [-0.05, 0) is 95.8 Å². The van der Waals surface area contributed by atoms with Gasteiger partial charge in [-0.1, -0.05) is 221 Å². The lowest BCUT2D eigenvalue weighted by Crippen LogP contribution is -2.41. The van der Waals surface area contributed by atoms with Gasteiger partial charge in [0, 0.05) is 49.2 Å². The fourth-order valence-corrected chi connectivity index (χ4v) is 8.48. The van der Waals surface area contributed by atoms with Gasteiger partial charge in [0.05, 0.1) is 5.56 Å². The minimum absolute atomic E-state index is 0.0844. The van der Waals surface area contributed by atoms with Crippen molar-refractivity contribution in [2.45, 2.75) is 154 Å². The molecule has 0 radical (unpaired) electrons. The Labute approximate surface area is 466 Å². The molecule has 6 aromatic rings. The molecule has 0 saturated carbocycles. The molecule has 3 aliphatic heterocycles. The number of benzene rings is 6. The van der Waals surface area contributed by atoms with Crippen LogP contribution in [0.3, 0.4) is 0 Å². The Morgan fingerprint density at radius 2 is 0.910 bits per heavy atom. The summed E-state index contributed by atoms with van der Waals surface area (Å²) in [6.45, 7) is 28.5. The minimum Gasteiger partial charge on any atom is -0.446 e. The summed E-state index contributed by atoms with van der Waals surface area (Å²) in [4.78, 5) is 37.0. The lowest BCUT2D eigenvalue weighted by molar-refractivity contribution is -0.137. The minimum atomic E-state index is -4.56. The summed E-state index contributed by atoms with van der Waals surface area (Å²) in [5.41, 5.74) is 10.5. The van der Waals surface area contributed by atoms with Crippen molar-refractivity contribution in [3.8, 4) is 0 Å². The Balaban J connectivity index is 0.000000533. The maximum absolute atomic E-state index is 13.0. The molecule has 3 heterocycles. The molecule has 0 saturated heterocycles. The zero-order valence-electron chi connectivity index (χ0n) is 48.9. The van der Waals surface area contributed by atoms with Gasteiger partial charge in [0.2, 0.25) is 0 Å². The molecule has 6 aromatic carbocycles. The average molecular weight is 1070 g/mol. The summed E-state index contributed by atoms with van der Waals surface area (Å²) in [5, 5.41) is 29.8. The topological polar surface area (TPSA) is 130 Å². The van der Waals surface area contributed by atoms with Gasteiger partial charge in [-0.15, -0.1) is 0 Å². The Morgan fingerprint density at radius 1 is 0.474 bits per heavy atom. The van der Waals surface area contributed by atoms with E-state index in [0.717, 1.165) is 98.2 Å². The molecule has 0 aromatic heterocycles. The van der Waals surface area contributed by atoms with Crippen LogP contribution in [0.4, 0.5) is 13.2 Å². The number of carbonyl (C=O) groups excluding carboxylic acids is 3. The molecule has 0 fully saturated rings. The van der Waals surface area contributed by atoms with Gasteiger partial charge in [-0.2, -0.15) is 13.2 Å². The lowest BCUT2D eigenvalue weighted by atomic mass is 9.53. The third kappa shape index (κ3) is 21.7. The van der Waals surface area contributed by atoms with E-state index in [0.29, 0.717) is 37.9 Å². The SMILES string of the molecule is CC.CC.CC.CC.CC.CC.Cc1ccc(C(=O)Cc2ccc3c(c2)B(O)OCC3)cc1.Cc1cccc(C(=O)Cc2ccc3c(c2)B(O)OCC3)c1.O=C(Cc1ccc2c(c1)B(O)CCC2)c1ccccc1C(F)(F)F. The molecule has 3 aliphatic rings. The average Bonchev–Trinajstić information content (AvgIpc) is 3.48. The second-order valence-electron chi connectivity index (χ2n) is 17.0. The second-order valence-corrected chi connectivity index (χ2v) is 17.0. The molecule has 0 aliphatic carbocycles.